The first kappa shape index (κ1) is 21.4. The molecular weight excluding hydrogens is 432 g/mol. The average Bonchev–Trinajstić information content (AvgIpc) is 3.08. The lowest BCUT2D eigenvalue weighted by atomic mass is 9.69. The molecule has 1 aromatic carbocycles. The summed E-state index contributed by atoms with van der Waals surface area (Å²) < 4.78 is 15.7. The molecule has 2 saturated heterocycles. The molecule has 2 bridgehead atoms. The zero-order chi connectivity index (χ0) is 23.8. The van der Waals surface area contributed by atoms with E-state index in [-0.39, 0.29) is 40.4 Å². The largest absolute Gasteiger partial charge is 0.490 e. The molecule has 34 heavy (non-hydrogen) atoms. The van der Waals surface area contributed by atoms with Gasteiger partial charge >= 0.3 is 0 Å². The monoisotopic (exact) mass is 462 g/mol. The van der Waals surface area contributed by atoms with E-state index in [1.54, 1.807) is 29.0 Å². The van der Waals surface area contributed by atoms with Crippen LogP contribution in [0.15, 0.2) is 41.5 Å². The second-order valence-corrected chi connectivity index (χ2v) is 10.8. The molecular formula is C26H30N4O4. The minimum absolute atomic E-state index is 0.0457. The van der Waals surface area contributed by atoms with Crippen molar-refractivity contribution in [1.82, 2.24) is 14.3 Å². The summed E-state index contributed by atoms with van der Waals surface area (Å²) in [5, 5.41) is 8.50. The minimum atomic E-state index is -0.373. The van der Waals surface area contributed by atoms with E-state index in [0.717, 1.165) is 30.2 Å². The topological polar surface area (TPSA) is 87.4 Å². The van der Waals surface area contributed by atoms with Crippen molar-refractivity contribution in [1.29, 1.82) is 0 Å². The molecule has 8 heteroatoms. The number of benzene rings is 1. The van der Waals surface area contributed by atoms with Gasteiger partial charge in [0.05, 0.1) is 34.9 Å². The van der Waals surface area contributed by atoms with Crippen molar-refractivity contribution >= 4 is 22.5 Å². The van der Waals surface area contributed by atoms with Gasteiger partial charge < -0.3 is 19.4 Å². The van der Waals surface area contributed by atoms with Crippen LogP contribution in [-0.2, 0) is 10.3 Å². The molecule has 4 aliphatic rings. The summed E-state index contributed by atoms with van der Waals surface area (Å²) in [6, 6.07) is 7.28. The number of carbonyl (C=O) groups excluding carboxylic acids is 1. The molecule has 7 rings (SSSR count). The number of hydrogen-bond donors (Lipinski definition) is 1. The smallest absolute Gasteiger partial charge is 0.274 e. The first-order valence-electron chi connectivity index (χ1n) is 12.0. The van der Waals surface area contributed by atoms with E-state index in [0.29, 0.717) is 23.8 Å². The van der Waals surface area contributed by atoms with Crippen molar-refractivity contribution in [2.45, 2.75) is 70.2 Å². The maximum absolute atomic E-state index is 13.4. The predicted molar refractivity (Wildman–Crippen MR) is 129 cm³/mol. The zero-order valence-corrected chi connectivity index (χ0v) is 20.0. The Bertz CT molecular complexity index is 1360. The first-order valence-corrected chi connectivity index (χ1v) is 12.0. The zero-order valence-electron chi connectivity index (χ0n) is 20.0. The second kappa shape index (κ2) is 7.18. The van der Waals surface area contributed by atoms with Crippen LogP contribution in [0.2, 0.25) is 0 Å². The van der Waals surface area contributed by atoms with E-state index >= 15 is 0 Å². The molecule has 2 aliphatic carbocycles. The molecule has 2 atom stereocenters. The predicted octanol–water partition coefficient (Wildman–Crippen LogP) is 4.10. The molecule has 1 N–H and O–H groups in total. The van der Waals surface area contributed by atoms with Crippen LogP contribution in [-0.4, -0.2) is 38.6 Å². The third-order valence-corrected chi connectivity index (χ3v) is 7.44. The van der Waals surface area contributed by atoms with Crippen LogP contribution in [0.4, 0.5) is 5.69 Å². The highest BCUT2D eigenvalue weighted by molar-refractivity contribution is 6.08. The molecule has 2 aromatic heterocycles. The SMILES string of the molecule is CC(C)Oc1cc2nn(C34COC(C)(C3)C4)cc2cc1C(=O)Nc1cccn(C2C[C@H]2C)c1=O. The van der Waals surface area contributed by atoms with Crippen molar-refractivity contribution < 1.29 is 14.3 Å². The van der Waals surface area contributed by atoms with Gasteiger partial charge in [0.15, 0.2) is 0 Å². The van der Waals surface area contributed by atoms with Gasteiger partial charge in [0.25, 0.3) is 11.5 Å². The second-order valence-electron chi connectivity index (χ2n) is 10.8. The van der Waals surface area contributed by atoms with Crippen LogP contribution in [0.25, 0.3) is 10.9 Å². The van der Waals surface area contributed by atoms with E-state index in [2.05, 4.69) is 19.2 Å². The fourth-order valence-corrected chi connectivity index (χ4v) is 5.65. The number of nitrogens with one attached hydrogen (secondary N) is 1. The number of nitrogens with zero attached hydrogens (tertiary/aromatic N) is 3. The summed E-state index contributed by atoms with van der Waals surface area (Å²) in [6.45, 7) is 8.75. The van der Waals surface area contributed by atoms with Crippen molar-refractivity contribution in [3.63, 3.8) is 0 Å². The highest BCUT2D eigenvalue weighted by Gasteiger charge is 2.61. The third kappa shape index (κ3) is 3.35. The van der Waals surface area contributed by atoms with Crippen LogP contribution >= 0.6 is 0 Å². The normalized spacial score (nSPS) is 29.3. The standard InChI is InChI=1S/C26H30N4O4/c1-15(2)34-22-10-20-17(11-30(28-20)26-12-25(4,13-26)33-14-26)9-18(22)23(31)27-19-6-5-7-29(24(19)32)21-8-16(21)3/h5-7,9-11,15-16,21H,8,12-14H2,1-4H3,(H,27,31)/t16-,21?,25?,26?/m1/s1. The van der Waals surface area contributed by atoms with E-state index in [4.69, 9.17) is 14.6 Å². The Balaban J connectivity index is 1.35. The number of ether oxygens (including phenoxy) is 2. The van der Waals surface area contributed by atoms with Gasteiger partial charge in [-0.15, -0.1) is 0 Å². The summed E-state index contributed by atoms with van der Waals surface area (Å²) in [5.41, 5.74) is 1.09. The van der Waals surface area contributed by atoms with Gasteiger partial charge in [0.2, 0.25) is 0 Å². The lowest BCUT2D eigenvalue weighted by molar-refractivity contribution is 0.00383. The number of hydrogen-bond acceptors (Lipinski definition) is 5. The number of pyridine rings is 1. The van der Waals surface area contributed by atoms with Crippen LogP contribution < -0.4 is 15.6 Å². The van der Waals surface area contributed by atoms with Gasteiger partial charge in [0.1, 0.15) is 11.4 Å². The Morgan fingerprint density at radius 1 is 1.32 bits per heavy atom. The van der Waals surface area contributed by atoms with Crippen molar-refractivity contribution in [3.05, 3.63) is 52.6 Å². The Kier molecular flexibility index (Phi) is 4.52. The van der Waals surface area contributed by atoms with Crippen molar-refractivity contribution in [2.24, 2.45) is 5.92 Å². The fraction of sp³-hybridized carbons (Fsp3) is 0.500. The van der Waals surface area contributed by atoms with Gasteiger partial charge in [0, 0.05) is 42.7 Å². The van der Waals surface area contributed by atoms with Crippen molar-refractivity contribution in [3.8, 4) is 5.75 Å². The van der Waals surface area contributed by atoms with E-state index in [9.17, 15) is 9.59 Å². The lowest BCUT2D eigenvalue weighted by Crippen LogP contribution is -2.49. The number of rotatable bonds is 6. The quantitative estimate of drug-likeness (QED) is 0.596. The maximum atomic E-state index is 13.4. The Labute approximate surface area is 197 Å². The molecule has 0 spiro atoms. The molecule has 0 radical (unpaired) electrons. The molecule has 8 nitrogen and oxygen atoms in total. The molecule has 2 aliphatic heterocycles. The van der Waals surface area contributed by atoms with Crippen LogP contribution in [0.5, 0.6) is 5.75 Å². The fourth-order valence-electron chi connectivity index (χ4n) is 5.65. The van der Waals surface area contributed by atoms with Crippen LogP contribution in [0.3, 0.4) is 0 Å². The lowest BCUT2D eigenvalue weighted by Gasteiger charge is -2.42. The molecule has 4 heterocycles. The molecule has 4 fully saturated rings. The van der Waals surface area contributed by atoms with E-state index in [1.807, 2.05) is 30.8 Å². The molecule has 1 unspecified atom stereocenters. The minimum Gasteiger partial charge on any atom is -0.490 e. The molecule has 1 amide bonds. The van der Waals surface area contributed by atoms with Gasteiger partial charge in [-0.1, -0.05) is 6.92 Å². The first-order chi connectivity index (χ1) is 16.2. The summed E-state index contributed by atoms with van der Waals surface area (Å²) >= 11 is 0. The number of anilines is 1. The highest BCUT2D eigenvalue weighted by atomic mass is 16.5. The van der Waals surface area contributed by atoms with Gasteiger partial charge in [-0.25, -0.2) is 0 Å². The molecule has 178 valence electrons. The Morgan fingerprint density at radius 2 is 2.09 bits per heavy atom. The van der Waals surface area contributed by atoms with Gasteiger partial charge in [-0.3, -0.25) is 14.3 Å². The Morgan fingerprint density at radius 3 is 2.74 bits per heavy atom. The Hall–Kier alpha value is -3.13. The summed E-state index contributed by atoms with van der Waals surface area (Å²) in [7, 11) is 0. The highest BCUT2D eigenvalue weighted by Crippen LogP contribution is 2.55. The van der Waals surface area contributed by atoms with Crippen LogP contribution in [0, 0.1) is 5.92 Å². The maximum Gasteiger partial charge on any atom is 0.274 e. The third-order valence-electron chi connectivity index (χ3n) is 7.44. The van der Waals surface area contributed by atoms with Crippen LogP contribution in [0.1, 0.15) is 63.4 Å². The summed E-state index contributed by atoms with van der Waals surface area (Å²) in [4.78, 5) is 26.3. The van der Waals surface area contributed by atoms with E-state index in [1.165, 1.54) is 0 Å². The number of aromatic nitrogens is 3. The summed E-state index contributed by atoms with van der Waals surface area (Å²) in [6.07, 6.45) is 6.52. The number of fused-ring (bicyclic) bond motifs is 2. The van der Waals surface area contributed by atoms with Gasteiger partial charge in [-0.05, 0) is 51.3 Å². The molecule has 2 saturated carbocycles. The average molecular weight is 463 g/mol. The number of carbonyl (C=O) groups is 1. The van der Waals surface area contributed by atoms with E-state index < -0.39 is 0 Å². The molecule has 3 aromatic rings. The van der Waals surface area contributed by atoms with Gasteiger partial charge in [-0.2, -0.15) is 5.10 Å². The number of amides is 1. The van der Waals surface area contributed by atoms with Crippen molar-refractivity contribution in [2.75, 3.05) is 11.9 Å². The summed E-state index contributed by atoms with van der Waals surface area (Å²) in [5.74, 6) is 0.561.